The molecule has 1 atom stereocenters. The second-order valence-corrected chi connectivity index (χ2v) is 3.63. The van der Waals surface area contributed by atoms with Crippen molar-refractivity contribution in [2.24, 2.45) is 4.99 Å². The van der Waals surface area contributed by atoms with Crippen molar-refractivity contribution < 1.29 is 60.9 Å². The summed E-state index contributed by atoms with van der Waals surface area (Å²) < 4.78 is 5.11. The number of aliphatic imine (C=N–C) groups is 1. The molecule has 84 valence electrons. The van der Waals surface area contributed by atoms with E-state index >= 15 is 0 Å². The van der Waals surface area contributed by atoms with Crippen LogP contribution in [0.4, 0.5) is 0 Å². The SMILES string of the molecule is [K+].[NH-]CCCC1N=C(c2ccccc2)OC1=O. The zero-order valence-corrected chi connectivity index (χ0v) is 13.0. The third-order valence-electron chi connectivity index (χ3n) is 2.42. The van der Waals surface area contributed by atoms with Gasteiger partial charge in [0.15, 0.2) is 6.04 Å². The van der Waals surface area contributed by atoms with Crippen molar-refractivity contribution in [2.45, 2.75) is 18.9 Å². The third kappa shape index (κ3) is 3.98. The van der Waals surface area contributed by atoms with Crippen molar-refractivity contribution in [3.8, 4) is 0 Å². The van der Waals surface area contributed by atoms with E-state index in [-0.39, 0.29) is 57.4 Å². The van der Waals surface area contributed by atoms with Crippen LogP contribution < -0.4 is 51.4 Å². The van der Waals surface area contributed by atoms with Gasteiger partial charge in [-0.15, -0.1) is 0 Å². The topological polar surface area (TPSA) is 62.5 Å². The number of cyclic esters (lactones) is 1. The molecule has 1 heterocycles. The van der Waals surface area contributed by atoms with Crippen LogP contribution in [-0.2, 0) is 9.53 Å². The Balaban J connectivity index is 0.00000144. The van der Waals surface area contributed by atoms with Crippen molar-refractivity contribution in [1.29, 1.82) is 0 Å². The van der Waals surface area contributed by atoms with Crippen molar-refractivity contribution in [1.82, 2.24) is 0 Å². The van der Waals surface area contributed by atoms with Crippen LogP contribution in [0.1, 0.15) is 18.4 Å². The Morgan fingerprint density at radius 1 is 1.29 bits per heavy atom. The van der Waals surface area contributed by atoms with E-state index < -0.39 is 6.04 Å². The van der Waals surface area contributed by atoms with Gasteiger partial charge in [-0.1, -0.05) is 24.6 Å². The van der Waals surface area contributed by atoms with Crippen molar-refractivity contribution in [2.75, 3.05) is 6.54 Å². The summed E-state index contributed by atoms with van der Waals surface area (Å²) in [6, 6.07) is 8.96. The molecule has 0 saturated carbocycles. The van der Waals surface area contributed by atoms with Crippen LogP contribution in [0.25, 0.3) is 5.73 Å². The summed E-state index contributed by atoms with van der Waals surface area (Å²) in [5.41, 5.74) is 7.87. The summed E-state index contributed by atoms with van der Waals surface area (Å²) in [7, 11) is 0. The van der Waals surface area contributed by atoms with Crippen molar-refractivity contribution in [3.63, 3.8) is 0 Å². The molecule has 0 aliphatic carbocycles. The van der Waals surface area contributed by atoms with Crippen LogP contribution >= 0.6 is 0 Å². The quantitative estimate of drug-likeness (QED) is 0.523. The van der Waals surface area contributed by atoms with Crippen LogP contribution in [-0.4, -0.2) is 24.5 Å². The summed E-state index contributed by atoms with van der Waals surface area (Å²) >= 11 is 0. The van der Waals surface area contributed by atoms with Crippen LogP contribution in [0.2, 0.25) is 0 Å². The number of benzene rings is 1. The molecule has 0 radical (unpaired) electrons. The first-order valence-corrected chi connectivity index (χ1v) is 5.31. The van der Waals surface area contributed by atoms with Gasteiger partial charge < -0.3 is 10.5 Å². The molecule has 0 fully saturated rings. The molecule has 17 heavy (non-hydrogen) atoms. The average Bonchev–Trinajstić information content (AvgIpc) is 2.69. The second-order valence-electron chi connectivity index (χ2n) is 3.63. The van der Waals surface area contributed by atoms with Crippen molar-refractivity contribution in [3.05, 3.63) is 41.6 Å². The van der Waals surface area contributed by atoms with E-state index in [4.69, 9.17) is 10.5 Å². The van der Waals surface area contributed by atoms with Gasteiger partial charge in [0, 0.05) is 5.56 Å². The Morgan fingerprint density at radius 3 is 2.65 bits per heavy atom. The van der Waals surface area contributed by atoms with Gasteiger partial charge in [-0.05, 0) is 18.6 Å². The third-order valence-corrected chi connectivity index (χ3v) is 2.42. The van der Waals surface area contributed by atoms with E-state index in [9.17, 15) is 4.79 Å². The minimum absolute atomic E-state index is 0. The molecule has 1 N–H and O–H groups in total. The molecule has 0 saturated heterocycles. The maximum Gasteiger partial charge on any atom is 1.00 e. The summed E-state index contributed by atoms with van der Waals surface area (Å²) in [4.78, 5) is 15.7. The molecule has 5 heteroatoms. The zero-order chi connectivity index (χ0) is 11.4. The van der Waals surface area contributed by atoms with Crippen LogP contribution in [0.3, 0.4) is 0 Å². The predicted molar refractivity (Wildman–Crippen MR) is 61.3 cm³/mol. The fraction of sp³-hybridized carbons (Fsp3) is 0.333. The molecule has 1 aliphatic rings. The number of carbonyl (C=O) groups excluding carboxylic acids is 1. The van der Waals surface area contributed by atoms with E-state index in [2.05, 4.69) is 4.99 Å². The van der Waals surface area contributed by atoms with E-state index in [0.29, 0.717) is 25.3 Å². The Morgan fingerprint density at radius 2 is 2.00 bits per heavy atom. The molecule has 1 aromatic rings. The van der Waals surface area contributed by atoms with E-state index in [1.807, 2.05) is 30.3 Å². The minimum atomic E-state index is -0.416. The number of hydrogen-bond acceptors (Lipinski definition) is 3. The van der Waals surface area contributed by atoms with Crippen molar-refractivity contribution >= 4 is 11.9 Å². The molecule has 0 bridgehead atoms. The first kappa shape index (κ1) is 15.0. The Bertz CT molecular complexity index is 406. The normalized spacial score (nSPS) is 18.3. The van der Waals surface area contributed by atoms with Gasteiger partial charge in [-0.3, -0.25) is 0 Å². The van der Waals surface area contributed by atoms with Gasteiger partial charge in [0.1, 0.15) is 0 Å². The molecule has 2 rings (SSSR count). The molecular weight excluding hydrogens is 243 g/mol. The van der Waals surface area contributed by atoms with Gasteiger partial charge in [0.25, 0.3) is 0 Å². The molecule has 0 spiro atoms. The summed E-state index contributed by atoms with van der Waals surface area (Å²) in [5.74, 6) is 0.105. The number of ether oxygens (including phenoxy) is 1. The molecule has 4 nitrogen and oxygen atoms in total. The fourth-order valence-corrected chi connectivity index (χ4v) is 1.58. The fourth-order valence-electron chi connectivity index (χ4n) is 1.58. The summed E-state index contributed by atoms with van der Waals surface area (Å²) in [6.45, 7) is 0.319. The largest absolute Gasteiger partial charge is 1.00 e. The van der Waals surface area contributed by atoms with Gasteiger partial charge in [-0.25, -0.2) is 9.79 Å². The molecule has 1 unspecified atom stereocenters. The van der Waals surface area contributed by atoms with Gasteiger partial charge in [-0.2, -0.15) is 6.54 Å². The number of nitrogens with one attached hydrogen (secondary N) is 1. The Kier molecular flexibility index (Phi) is 6.54. The van der Waals surface area contributed by atoms with Crippen LogP contribution in [0.15, 0.2) is 35.3 Å². The average molecular weight is 256 g/mol. The number of nitrogens with zero attached hydrogens (tertiary/aromatic N) is 1. The van der Waals surface area contributed by atoms with Gasteiger partial charge in [0.2, 0.25) is 5.90 Å². The molecule has 0 aromatic heterocycles. The Hall–Kier alpha value is -0.0436. The van der Waals surface area contributed by atoms with Gasteiger partial charge in [0.05, 0.1) is 0 Å². The Labute approximate surface area is 143 Å². The smallest absolute Gasteiger partial charge is 0.677 e. The van der Waals surface area contributed by atoms with E-state index in [1.54, 1.807) is 0 Å². The maximum absolute atomic E-state index is 11.5. The number of rotatable bonds is 4. The predicted octanol–water partition coefficient (Wildman–Crippen LogP) is -0.805. The molecule has 1 aliphatic heterocycles. The second kappa shape index (κ2) is 7.40. The van der Waals surface area contributed by atoms with E-state index in [1.165, 1.54) is 0 Å². The van der Waals surface area contributed by atoms with Gasteiger partial charge >= 0.3 is 57.4 Å². The number of hydrogen-bond donors (Lipinski definition) is 0. The number of esters is 1. The molecule has 1 aromatic carbocycles. The van der Waals surface area contributed by atoms with Crippen LogP contribution in [0.5, 0.6) is 0 Å². The summed E-state index contributed by atoms with van der Waals surface area (Å²) in [5, 5.41) is 0. The standard InChI is InChI=1S/C12H13N2O2.K/c13-8-4-7-10-12(15)16-11(14-10)9-5-2-1-3-6-9;/h1-3,5-6,10,13H,4,7-8H2;/q-1;+1. The zero-order valence-electron chi connectivity index (χ0n) is 9.85. The monoisotopic (exact) mass is 256 g/mol. The van der Waals surface area contributed by atoms with Crippen LogP contribution in [0, 0.1) is 0 Å². The first-order chi connectivity index (χ1) is 7.81. The number of carbonyl (C=O) groups is 1. The molecule has 0 amide bonds. The molecular formula is C12H13KN2O2. The minimum Gasteiger partial charge on any atom is -0.677 e. The maximum atomic E-state index is 11.5. The first-order valence-electron chi connectivity index (χ1n) is 5.31. The summed E-state index contributed by atoms with van der Waals surface area (Å²) in [6.07, 6.45) is 1.27. The van der Waals surface area contributed by atoms with E-state index in [0.717, 1.165) is 5.56 Å².